The molecule has 3 aliphatic rings. The monoisotopic (exact) mass is 432 g/mol. The van der Waals surface area contributed by atoms with Crippen LogP contribution in [0.1, 0.15) is 43.5 Å². The van der Waals surface area contributed by atoms with Crippen molar-refractivity contribution in [2.24, 2.45) is 5.92 Å². The molecule has 0 bridgehead atoms. The van der Waals surface area contributed by atoms with Crippen molar-refractivity contribution in [3.05, 3.63) is 65.5 Å². The first-order valence-electron chi connectivity index (χ1n) is 11.8. The van der Waals surface area contributed by atoms with Crippen molar-refractivity contribution < 1.29 is 9.59 Å². The Morgan fingerprint density at radius 2 is 1.66 bits per heavy atom. The summed E-state index contributed by atoms with van der Waals surface area (Å²) in [7, 11) is 0. The summed E-state index contributed by atoms with van der Waals surface area (Å²) in [5.41, 5.74) is 2.94. The van der Waals surface area contributed by atoms with Gasteiger partial charge in [0.1, 0.15) is 5.54 Å². The zero-order chi connectivity index (χ0) is 22.3. The molecule has 0 N–H and O–H groups in total. The van der Waals surface area contributed by atoms with Crippen LogP contribution in [-0.4, -0.2) is 62.8 Å². The van der Waals surface area contributed by atoms with Gasteiger partial charge in [-0.25, -0.2) is 4.79 Å². The predicted molar refractivity (Wildman–Crippen MR) is 123 cm³/mol. The Hall–Kier alpha value is -2.73. The number of piperidine rings is 1. The number of amides is 3. The minimum Gasteiger partial charge on any atom is -0.309 e. The van der Waals surface area contributed by atoms with E-state index >= 15 is 0 Å². The Labute approximate surface area is 190 Å². The standard InChI is InChI=1S/C26H32N4O2/c1-19(2)17-30-25(32)29(18-22-9-5-6-12-27-22)24(31)26(30)10-13-28(14-11-26)23-15-20-7-3-4-8-21(20)16-23/h3-9,12,19,23H,10-11,13-18H2,1-2H3. The van der Waals surface area contributed by atoms with Crippen LogP contribution in [0.2, 0.25) is 0 Å². The molecule has 0 atom stereocenters. The lowest BCUT2D eigenvalue weighted by atomic mass is 9.84. The molecule has 2 aliphatic heterocycles. The molecule has 3 heterocycles. The average molecular weight is 433 g/mol. The van der Waals surface area contributed by atoms with Gasteiger partial charge in [0.05, 0.1) is 12.2 Å². The minimum absolute atomic E-state index is 0.0387. The summed E-state index contributed by atoms with van der Waals surface area (Å²) in [6, 6.07) is 14.7. The highest BCUT2D eigenvalue weighted by Gasteiger charge is 2.58. The van der Waals surface area contributed by atoms with Gasteiger partial charge in [-0.15, -0.1) is 0 Å². The third-order valence-corrected chi connectivity index (χ3v) is 7.39. The number of rotatable bonds is 5. The highest BCUT2D eigenvalue weighted by molar-refractivity contribution is 6.07. The molecule has 2 aromatic rings. The van der Waals surface area contributed by atoms with Crippen LogP contribution in [-0.2, 0) is 24.2 Å². The van der Waals surface area contributed by atoms with Crippen LogP contribution >= 0.6 is 0 Å². The summed E-state index contributed by atoms with van der Waals surface area (Å²) < 4.78 is 0. The number of fused-ring (bicyclic) bond motifs is 1. The summed E-state index contributed by atoms with van der Waals surface area (Å²) in [5.74, 6) is 0.268. The minimum atomic E-state index is -0.710. The van der Waals surface area contributed by atoms with E-state index in [-0.39, 0.29) is 18.5 Å². The molecular weight excluding hydrogens is 400 g/mol. The van der Waals surface area contributed by atoms with Crippen molar-refractivity contribution in [1.82, 2.24) is 19.7 Å². The van der Waals surface area contributed by atoms with E-state index in [9.17, 15) is 9.59 Å². The molecule has 1 aromatic carbocycles. The summed E-state index contributed by atoms with van der Waals surface area (Å²) >= 11 is 0. The number of urea groups is 1. The maximum atomic E-state index is 13.7. The first-order chi connectivity index (χ1) is 15.5. The number of imide groups is 1. The zero-order valence-electron chi connectivity index (χ0n) is 19.0. The number of carbonyl (C=O) groups is 2. The number of hydrogen-bond acceptors (Lipinski definition) is 4. The molecule has 0 saturated carbocycles. The zero-order valence-corrected chi connectivity index (χ0v) is 19.0. The highest BCUT2D eigenvalue weighted by atomic mass is 16.2. The van der Waals surface area contributed by atoms with Crippen molar-refractivity contribution in [1.29, 1.82) is 0 Å². The second-order valence-electron chi connectivity index (χ2n) is 9.90. The fourth-order valence-electron chi connectivity index (χ4n) is 5.73. The summed E-state index contributed by atoms with van der Waals surface area (Å²) in [6.07, 6.45) is 5.28. The fraction of sp³-hybridized carbons (Fsp3) is 0.500. The number of carbonyl (C=O) groups excluding carboxylic acids is 2. The van der Waals surface area contributed by atoms with Gasteiger partial charge >= 0.3 is 6.03 Å². The van der Waals surface area contributed by atoms with Gasteiger partial charge in [0, 0.05) is 31.9 Å². The second-order valence-corrected chi connectivity index (χ2v) is 9.90. The molecule has 2 saturated heterocycles. The van der Waals surface area contributed by atoms with Crippen LogP contribution < -0.4 is 0 Å². The molecule has 6 nitrogen and oxygen atoms in total. The van der Waals surface area contributed by atoms with Crippen molar-refractivity contribution >= 4 is 11.9 Å². The van der Waals surface area contributed by atoms with Gasteiger partial charge in [-0.3, -0.25) is 19.6 Å². The maximum Gasteiger partial charge on any atom is 0.328 e. The van der Waals surface area contributed by atoms with Crippen molar-refractivity contribution in [2.45, 2.75) is 57.7 Å². The van der Waals surface area contributed by atoms with E-state index in [1.54, 1.807) is 6.20 Å². The largest absolute Gasteiger partial charge is 0.328 e. The third kappa shape index (κ3) is 3.60. The normalized spacial score (nSPS) is 21.2. The fourth-order valence-corrected chi connectivity index (χ4v) is 5.73. The van der Waals surface area contributed by atoms with Crippen LogP contribution in [0, 0.1) is 5.92 Å². The molecule has 1 aliphatic carbocycles. The number of hydrogen-bond donors (Lipinski definition) is 0. The van der Waals surface area contributed by atoms with Crippen LogP contribution in [0.3, 0.4) is 0 Å². The van der Waals surface area contributed by atoms with Gasteiger partial charge < -0.3 is 4.90 Å². The van der Waals surface area contributed by atoms with Crippen LogP contribution in [0.25, 0.3) is 0 Å². The summed E-state index contributed by atoms with van der Waals surface area (Å²) in [4.78, 5) is 37.3. The maximum absolute atomic E-state index is 13.7. The molecule has 2 fully saturated rings. The average Bonchev–Trinajstić information content (AvgIpc) is 3.31. The van der Waals surface area contributed by atoms with Crippen molar-refractivity contribution in [2.75, 3.05) is 19.6 Å². The smallest absolute Gasteiger partial charge is 0.309 e. The Morgan fingerprint density at radius 3 is 2.25 bits per heavy atom. The van der Waals surface area contributed by atoms with Gasteiger partial charge in [-0.1, -0.05) is 44.2 Å². The van der Waals surface area contributed by atoms with Crippen LogP contribution in [0.15, 0.2) is 48.7 Å². The molecule has 32 heavy (non-hydrogen) atoms. The molecule has 1 spiro atoms. The highest BCUT2D eigenvalue weighted by Crippen LogP contribution is 2.40. The predicted octanol–water partition coefficient (Wildman–Crippen LogP) is 3.50. The summed E-state index contributed by atoms with van der Waals surface area (Å²) in [5, 5.41) is 0. The Morgan fingerprint density at radius 1 is 1.00 bits per heavy atom. The van der Waals surface area contributed by atoms with E-state index < -0.39 is 5.54 Å². The number of pyridine rings is 1. The molecule has 3 amide bonds. The second kappa shape index (κ2) is 8.32. The van der Waals surface area contributed by atoms with Crippen LogP contribution in [0.4, 0.5) is 4.79 Å². The number of aromatic nitrogens is 1. The topological polar surface area (TPSA) is 56.8 Å². The third-order valence-electron chi connectivity index (χ3n) is 7.39. The first kappa shape index (κ1) is 21.1. The lowest BCUT2D eigenvalue weighted by Crippen LogP contribution is -2.58. The molecule has 1 aromatic heterocycles. The van der Waals surface area contributed by atoms with Crippen molar-refractivity contribution in [3.63, 3.8) is 0 Å². The molecular formula is C26H32N4O2. The van der Waals surface area contributed by atoms with Gasteiger partial charge in [0.2, 0.25) is 0 Å². The van der Waals surface area contributed by atoms with Gasteiger partial charge in [-0.2, -0.15) is 0 Å². The lowest BCUT2D eigenvalue weighted by molar-refractivity contribution is -0.136. The Bertz CT molecular complexity index is 973. The van der Waals surface area contributed by atoms with E-state index in [0.29, 0.717) is 31.3 Å². The first-order valence-corrected chi connectivity index (χ1v) is 11.8. The summed E-state index contributed by atoms with van der Waals surface area (Å²) in [6.45, 7) is 6.78. The van der Waals surface area contributed by atoms with Gasteiger partial charge in [0.15, 0.2) is 0 Å². The quantitative estimate of drug-likeness (QED) is 0.679. The van der Waals surface area contributed by atoms with Crippen LogP contribution in [0.5, 0.6) is 0 Å². The van der Waals surface area contributed by atoms with E-state index in [1.807, 2.05) is 23.1 Å². The SMILES string of the molecule is CC(C)CN1C(=O)N(Cc2ccccn2)C(=O)C12CCN(C1Cc3ccccc3C1)CC2. The lowest BCUT2D eigenvalue weighted by Gasteiger charge is -2.44. The van der Waals surface area contributed by atoms with Gasteiger partial charge in [0.25, 0.3) is 5.91 Å². The van der Waals surface area contributed by atoms with E-state index in [4.69, 9.17) is 0 Å². The Balaban J connectivity index is 1.34. The number of nitrogens with zero attached hydrogens (tertiary/aromatic N) is 4. The molecule has 6 heteroatoms. The van der Waals surface area contributed by atoms with E-state index in [2.05, 4.69) is 48.0 Å². The molecule has 0 radical (unpaired) electrons. The molecule has 0 unspecified atom stereocenters. The molecule has 5 rings (SSSR count). The Kier molecular flexibility index (Phi) is 5.49. The van der Waals surface area contributed by atoms with Gasteiger partial charge in [-0.05, 0) is 54.9 Å². The van der Waals surface area contributed by atoms with Crippen molar-refractivity contribution in [3.8, 4) is 0 Å². The number of likely N-dealkylation sites (tertiary alicyclic amines) is 1. The molecule has 168 valence electrons. The van der Waals surface area contributed by atoms with E-state index in [0.717, 1.165) is 31.6 Å². The van der Waals surface area contributed by atoms with E-state index in [1.165, 1.54) is 16.0 Å². The number of benzene rings is 1.